The van der Waals surface area contributed by atoms with E-state index in [0.717, 1.165) is 5.92 Å². The van der Waals surface area contributed by atoms with Crippen LogP contribution in [0.4, 0.5) is 0 Å². The number of rotatable bonds is 9. The van der Waals surface area contributed by atoms with Crippen LogP contribution in [0.1, 0.15) is 85.0 Å². The van der Waals surface area contributed by atoms with Crippen molar-refractivity contribution in [2.45, 2.75) is 85.0 Å². The van der Waals surface area contributed by atoms with Crippen LogP contribution in [0.15, 0.2) is 0 Å². The van der Waals surface area contributed by atoms with Gasteiger partial charge < -0.3 is 5.32 Å². The van der Waals surface area contributed by atoms with Gasteiger partial charge in [0.1, 0.15) is 0 Å². The highest BCUT2D eigenvalue weighted by atomic mass is 14.9. The van der Waals surface area contributed by atoms with Crippen molar-refractivity contribution in [2.24, 2.45) is 11.3 Å². The van der Waals surface area contributed by atoms with Gasteiger partial charge in [0.15, 0.2) is 0 Å². The molecule has 0 saturated heterocycles. The molecule has 1 nitrogen and oxygen atoms in total. The van der Waals surface area contributed by atoms with Gasteiger partial charge in [-0.25, -0.2) is 0 Å². The third-order valence-electron chi connectivity index (χ3n) is 4.84. The summed E-state index contributed by atoms with van der Waals surface area (Å²) in [5, 5.41) is 3.69. The maximum atomic E-state index is 3.69. The molecule has 0 atom stereocenters. The van der Waals surface area contributed by atoms with Gasteiger partial charge in [-0.3, -0.25) is 0 Å². The molecule has 1 N–H and O–H groups in total. The van der Waals surface area contributed by atoms with Crippen LogP contribution in [-0.4, -0.2) is 13.1 Å². The van der Waals surface area contributed by atoms with E-state index in [4.69, 9.17) is 0 Å². The molecule has 0 bridgehead atoms. The molecule has 0 aromatic rings. The lowest BCUT2D eigenvalue weighted by atomic mass is 9.67. The Morgan fingerprint density at radius 3 is 2.28 bits per heavy atom. The van der Waals surface area contributed by atoms with Crippen LogP contribution >= 0.6 is 0 Å². The number of hydrogen-bond donors (Lipinski definition) is 1. The van der Waals surface area contributed by atoms with E-state index < -0.39 is 0 Å². The molecule has 108 valence electrons. The summed E-state index contributed by atoms with van der Waals surface area (Å²) >= 11 is 0. The van der Waals surface area contributed by atoms with Crippen LogP contribution in [0.2, 0.25) is 0 Å². The molecule has 1 aliphatic rings. The standard InChI is InChI=1S/C17H35N/c1-4-7-8-16-9-12-17(11-5-2,13-10-16)15-18-14-6-3/h16,18H,4-15H2,1-3H3. The predicted octanol–water partition coefficient (Wildman–Crippen LogP) is 5.15. The SMILES string of the molecule is CCCCC1CCC(CCC)(CNCCC)CC1. The Balaban J connectivity index is 2.35. The van der Waals surface area contributed by atoms with Crippen LogP contribution in [0.3, 0.4) is 0 Å². The first-order valence-corrected chi connectivity index (χ1v) is 8.47. The fourth-order valence-electron chi connectivity index (χ4n) is 3.65. The smallest absolute Gasteiger partial charge is 0.000780 e. The van der Waals surface area contributed by atoms with Crippen molar-refractivity contribution in [2.75, 3.05) is 13.1 Å². The Morgan fingerprint density at radius 2 is 1.72 bits per heavy atom. The van der Waals surface area contributed by atoms with Crippen molar-refractivity contribution in [3.8, 4) is 0 Å². The van der Waals surface area contributed by atoms with Gasteiger partial charge >= 0.3 is 0 Å². The second-order valence-electron chi connectivity index (χ2n) is 6.51. The molecule has 1 aliphatic carbocycles. The molecule has 0 heterocycles. The minimum Gasteiger partial charge on any atom is -0.316 e. The van der Waals surface area contributed by atoms with Crippen molar-refractivity contribution in [1.29, 1.82) is 0 Å². The first-order chi connectivity index (χ1) is 8.76. The highest BCUT2D eigenvalue weighted by Gasteiger charge is 2.33. The van der Waals surface area contributed by atoms with Crippen LogP contribution in [0.5, 0.6) is 0 Å². The molecule has 1 fully saturated rings. The van der Waals surface area contributed by atoms with E-state index in [1.165, 1.54) is 77.3 Å². The van der Waals surface area contributed by atoms with Gasteiger partial charge in [0.25, 0.3) is 0 Å². The molecule has 0 aliphatic heterocycles. The average Bonchev–Trinajstić information content (AvgIpc) is 2.39. The summed E-state index contributed by atoms with van der Waals surface area (Å²) in [6, 6.07) is 0. The molecular formula is C17H35N. The van der Waals surface area contributed by atoms with Gasteiger partial charge in [0.2, 0.25) is 0 Å². The minimum absolute atomic E-state index is 0.645. The van der Waals surface area contributed by atoms with Gasteiger partial charge in [-0.15, -0.1) is 0 Å². The van der Waals surface area contributed by atoms with E-state index in [0.29, 0.717) is 5.41 Å². The van der Waals surface area contributed by atoms with Crippen molar-refractivity contribution in [3.05, 3.63) is 0 Å². The van der Waals surface area contributed by atoms with Crippen LogP contribution in [0, 0.1) is 11.3 Å². The first-order valence-electron chi connectivity index (χ1n) is 8.47. The van der Waals surface area contributed by atoms with Crippen molar-refractivity contribution < 1.29 is 0 Å². The second kappa shape index (κ2) is 8.96. The molecule has 0 aromatic carbocycles. The average molecular weight is 253 g/mol. The van der Waals surface area contributed by atoms with Gasteiger partial charge in [0, 0.05) is 6.54 Å². The van der Waals surface area contributed by atoms with E-state index in [1.54, 1.807) is 0 Å². The number of unbranched alkanes of at least 4 members (excludes halogenated alkanes) is 1. The lowest BCUT2D eigenvalue weighted by molar-refractivity contribution is 0.127. The van der Waals surface area contributed by atoms with E-state index in [2.05, 4.69) is 26.1 Å². The summed E-state index contributed by atoms with van der Waals surface area (Å²) in [6.07, 6.45) is 14.3. The van der Waals surface area contributed by atoms with Crippen molar-refractivity contribution >= 4 is 0 Å². The van der Waals surface area contributed by atoms with Gasteiger partial charge in [-0.05, 0) is 56.4 Å². The first kappa shape index (κ1) is 16.0. The zero-order valence-corrected chi connectivity index (χ0v) is 13.1. The maximum Gasteiger partial charge on any atom is 0.000780 e. The van der Waals surface area contributed by atoms with Crippen LogP contribution < -0.4 is 5.32 Å². The zero-order chi connectivity index (χ0) is 13.3. The topological polar surface area (TPSA) is 12.0 Å². The largest absolute Gasteiger partial charge is 0.316 e. The minimum atomic E-state index is 0.645. The summed E-state index contributed by atoms with van der Waals surface area (Å²) in [5.41, 5.74) is 0.645. The lowest BCUT2D eigenvalue weighted by Crippen LogP contribution is -2.38. The molecule has 1 rings (SSSR count). The summed E-state index contributed by atoms with van der Waals surface area (Å²) in [6.45, 7) is 9.41. The fourth-order valence-corrected chi connectivity index (χ4v) is 3.65. The third kappa shape index (κ3) is 5.30. The fraction of sp³-hybridized carbons (Fsp3) is 1.00. The van der Waals surface area contributed by atoms with Gasteiger partial charge in [-0.2, -0.15) is 0 Å². The van der Waals surface area contributed by atoms with E-state index in [1.807, 2.05) is 0 Å². The Morgan fingerprint density at radius 1 is 1.00 bits per heavy atom. The summed E-state index contributed by atoms with van der Waals surface area (Å²) in [7, 11) is 0. The highest BCUT2D eigenvalue weighted by molar-refractivity contribution is 4.87. The summed E-state index contributed by atoms with van der Waals surface area (Å²) in [4.78, 5) is 0. The van der Waals surface area contributed by atoms with Gasteiger partial charge in [0.05, 0.1) is 0 Å². The van der Waals surface area contributed by atoms with Crippen LogP contribution in [-0.2, 0) is 0 Å². The molecule has 1 saturated carbocycles. The van der Waals surface area contributed by atoms with E-state index >= 15 is 0 Å². The zero-order valence-electron chi connectivity index (χ0n) is 13.1. The highest BCUT2D eigenvalue weighted by Crippen LogP contribution is 2.43. The predicted molar refractivity (Wildman–Crippen MR) is 82.0 cm³/mol. The quantitative estimate of drug-likeness (QED) is 0.560. The lowest BCUT2D eigenvalue weighted by Gasteiger charge is -2.41. The van der Waals surface area contributed by atoms with Gasteiger partial charge in [-0.1, -0.05) is 46.5 Å². The van der Waals surface area contributed by atoms with Crippen molar-refractivity contribution in [1.82, 2.24) is 5.32 Å². The Labute approximate surface area is 115 Å². The molecule has 0 amide bonds. The van der Waals surface area contributed by atoms with E-state index in [-0.39, 0.29) is 0 Å². The third-order valence-corrected chi connectivity index (χ3v) is 4.84. The monoisotopic (exact) mass is 253 g/mol. The molecule has 0 unspecified atom stereocenters. The molecule has 1 heteroatoms. The number of hydrogen-bond acceptors (Lipinski definition) is 1. The summed E-state index contributed by atoms with van der Waals surface area (Å²) in [5.74, 6) is 1.04. The maximum absolute atomic E-state index is 3.69. The molecular weight excluding hydrogens is 218 g/mol. The Kier molecular flexibility index (Phi) is 7.97. The van der Waals surface area contributed by atoms with Crippen molar-refractivity contribution in [3.63, 3.8) is 0 Å². The van der Waals surface area contributed by atoms with Crippen LogP contribution in [0.25, 0.3) is 0 Å². The summed E-state index contributed by atoms with van der Waals surface area (Å²) < 4.78 is 0. The van der Waals surface area contributed by atoms with E-state index in [9.17, 15) is 0 Å². The molecule has 18 heavy (non-hydrogen) atoms. The molecule has 0 spiro atoms. The second-order valence-corrected chi connectivity index (χ2v) is 6.51. The molecule has 0 radical (unpaired) electrons. The Bertz CT molecular complexity index is 192. The normalized spacial score (nSPS) is 28.5. The number of nitrogens with one attached hydrogen (secondary N) is 1. The Hall–Kier alpha value is -0.0400. The molecule has 0 aromatic heterocycles.